The molecule has 0 aliphatic heterocycles. The zero-order valence-electron chi connectivity index (χ0n) is 15.1. The highest BCUT2D eigenvalue weighted by molar-refractivity contribution is 5.87. The molecule has 0 bridgehead atoms. The van der Waals surface area contributed by atoms with Gasteiger partial charge in [-0.15, -0.1) is 0 Å². The Balaban J connectivity index is 2.08. The number of amides is 1. The number of nitrogens with one attached hydrogen (secondary N) is 1. The molecule has 0 radical (unpaired) electrons. The molecule has 1 aromatic rings. The van der Waals surface area contributed by atoms with E-state index >= 15 is 0 Å². The molecule has 0 saturated carbocycles. The van der Waals surface area contributed by atoms with E-state index in [1.165, 1.54) is 0 Å². The van der Waals surface area contributed by atoms with Gasteiger partial charge in [-0.3, -0.25) is 4.68 Å². The molecule has 0 spiro atoms. The summed E-state index contributed by atoms with van der Waals surface area (Å²) in [6.45, 7) is 10.5. The first-order valence-electron chi connectivity index (χ1n) is 8.27. The van der Waals surface area contributed by atoms with Crippen molar-refractivity contribution in [2.24, 2.45) is 5.41 Å². The van der Waals surface area contributed by atoms with E-state index in [2.05, 4.69) is 24.3 Å². The quantitative estimate of drug-likeness (QED) is 0.881. The maximum Gasteiger partial charge on any atom is 0.407 e. The van der Waals surface area contributed by atoms with E-state index in [0.717, 1.165) is 30.5 Å². The highest BCUT2D eigenvalue weighted by atomic mass is 16.6. The van der Waals surface area contributed by atoms with Crippen LogP contribution in [0.2, 0.25) is 0 Å². The molecular formula is C17H27N3O4. The monoisotopic (exact) mass is 337 g/mol. The van der Waals surface area contributed by atoms with Crippen LogP contribution in [0.15, 0.2) is 0 Å². The zero-order valence-corrected chi connectivity index (χ0v) is 15.1. The molecule has 1 aliphatic carbocycles. The minimum absolute atomic E-state index is 0.124. The summed E-state index contributed by atoms with van der Waals surface area (Å²) in [5.41, 5.74) is 1.51. The second kappa shape index (κ2) is 6.45. The van der Waals surface area contributed by atoms with Crippen molar-refractivity contribution in [2.75, 3.05) is 6.54 Å². The first kappa shape index (κ1) is 18.3. The fourth-order valence-corrected chi connectivity index (χ4v) is 2.93. The Labute approximate surface area is 142 Å². The van der Waals surface area contributed by atoms with Crippen LogP contribution in [0.3, 0.4) is 0 Å². The van der Waals surface area contributed by atoms with Crippen LogP contribution in [-0.2, 0) is 24.1 Å². The minimum atomic E-state index is -0.996. The fraction of sp³-hybridized carbons (Fsp3) is 0.706. The van der Waals surface area contributed by atoms with Crippen molar-refractivity contribution in [3.8, 4) is 0 Å². The van der Waals surface area contributed by atoms with Crippen molar-refractivity contribution < 1.29 is 19.4 Å². The maximum atomic E-state index is 11.7. The molecule has 0 fully saturated rings. The fourth-order valence-electron chi connectivity index (χ4n) is 2.93. The molecule has 0 unspecified atom stereocenters. The van der Waals surface area contributed by atoms with Crippen molar-refractivity contribution in [3.63, 3.8) is 0 Å². The van der Waals surface area contributed by atoms with Crippen LogP contribution in [0, 0.1) is 5.41 Å². The van der Waals surface area contributed by atoms with Crippen LogP contribution < -0.4 is 5.32 Å². The number of carboxylic acids is 1. The smallest absolute Gasteiger partial charge is 0.407 e. The van der Waals surface area contributed by atoms with Gasteiger partial charge in [-0.25, -0.2) is 9.59 Å². The van der Waals surface area contributed by atoms with E-state index in [-0.39, 0.29) is 11.1 Å². The number of ether oxygens (including phenoxy) is 1. The Hall–Kier alpha value is -2.05. The molecule has 24 heavy (non-hydrogen) atoms. The average molecular weight is 337 g/mol. The number of hydrogen-bond acceptors (Lipinski definition) is 4. The van der Waals surface area contributed by atoms with Gasteiger partial charge in [0.2, 0.25) is 0 Å². The molecule has 1 aromatic heterocycles. The number of fused-ring (bicyclic) bond motifs is 1. The number of aromatic carboxylic acids is 1. The second-order valence-electron chi connectivity index (χ2n) is 8.07. The largest absolute Gasteiger partial charge is 0.476 e. The summed E-state index contributed by atoms with van der Waals surface area (Å²) in [5.74, 6) is -0.996. The van der Waals surface area contributed by atoms with Crippen molar-refractivity contribution in [2.45, 2.75) is 66.0 Å². The molecule has 0 saturated heterocycles. The number of nitrogens with zero attached hydrogens (tertiary/aromatic N) is 2. The van der Waals surface area contributed by atoms with Gasteiger partial charge in [-0.05, 0) is 45.4 Å². The van der Waals surface area contributed by atoms with Gasteiger partial charge in [0, 0.05) is 17.8 Å². The lowest BCUT2D eigenvalue weighted by molar-refractivity contribution is 0.0524. The summed E-state index contributed by atoms with van der Waals surface area (Å²) in [6, 6.07) is 0. The average Bonchev–Trinajstić information content (AvgIpc) is 2.73. The molecule has 1 aliphatic rings. The number of carbonyl (C=O) groups is 2. The Bertz CT molecular complexity index is 641. The SMILES string of the molecule is CC1(C)CCc2c(C(=O)O)nn(CCNC(=O)OC(C)(C)C)c2C1. The molecule has 0 aromatic carbocycles. The van der Waals surface area contributed by atoms with E-state index in [4.69, 9.17) is 4.74 Å². The van der Waals surface area contributed by atoms with Crippen molar-refractivity contribution >= 4 is 12.1 Å². The third-order valence-corrected chi connectivity index (χ3v) is 4.06. The zero-order chi connectivity index (χ0) is 18.1. The normalized spacial score (nSPS) is 16.4. The molecule has 1 heterocycles. The Morgan fingerprint density at radius 1 is 1.38 bits per heavy atom. The molecular weight excluding hydrogens is 310 g/mol. The lowest BCUT2D eigenvalue weighted by Crippen LogP contribution is -2.34. The van der Waals surface area contributed by atoms with Crippen LogP contribution in [-0.4, -0.2) is 39.1 Å². The Morgan fingerprint density at radius 2 is 2.04 bits per heavy atom. The van der Waals surface area contributed by atoms with Crippen LogP contribution in [0.1, 0.15) is 62.8 Å². The molecule has 2 N–H and O–H groups in total. The minimum Gasteiger partial charge on any atom is -0.476 e. The van der Waals surface area contributed by atoms with E-state index in [1.54, 1.807) is 25.5 Å². The van der Waals surface area contributed by atoms with Gasteiger partial charge in [0.1, 0.15) is 5.60 Å². The summed E-state index contributed by atoms with van der Waals surface area (Å²) >= 11 is 0. The molecule has 1 amide bonds. The van der Waals surface area contributed by atoms with E-state index in [1.807, 2.05) is 0 Å². The maximum absolute atomic E-state index is 11.7. The van der Waals surface area contributed by atoms with Crippen molar-refractivity contribution in [1.29, 1.82) is 0 Å². The Morgan fingerprint density at radius 3 is 2.62 bits per heavy atom. The van der Waals surface area contributed by atoms with E-state index < -0.39 is 17.7 Å². The Kier molecular flexibility index (Phi) is 4.92. The molecule has 0 atom stereocenters. The number of carbonyl (C=O) groups excluding carboxylic acids is 1. The number of alkyl carbamates (subject to hydrolysis) is 1. The van der Waals surface area contributed by atoms with Crippen LogP contribution in [0.4, 0.5) is 4.79 Å². The summed E-state index contributed by atoms with van der Waals surface area (Å²) in [6.07, 6.45) is 1.98. The molecule has 7 nitrogen and oxygen atoms in total. The number of hydrogen-bond donors (Lipinski definition) is 2. The number of aromatic nitrogens is 2. The summed E-state index contributed by atoms with van der Waals surface area (Å²) in [4.78, 5) is 23.1. The van der Waals surface area contributed by atoms with Gasteiger partial charge in [0.25, 0.3) is 0 Å². The standard InChI is InChI=1S/C17H27N3O4/c1-16(2,3)24-15(23)18-8-9-20-12-10-17(4,5)7-6-11(12)13(19-20)14(21)22/h6-10H2,1-5H3,(H,18,23)(H,21,22). The third kappa shape index (κ3) is 4.49. The van der Waals surface area contributed by atoms with E-state index in [9.17, 15) is 14.7 Å². The number of rotatable bonds is 4. The van der Waals surface area contributed by atoms with E-state index in [0.29, 0.717) is 13.1 Å². The van der Waals surface area contributed by atoms with Crippen molar-refractivity contribution in [3.05, 3.63) is 17.0 Å². The molecule has 134 valence electrons. The topological polar surface area (TPSA) is 93.5 Å². The van der Waals surface area contributed by atoms with Gasteiger partial charge in [-0.1, -0.05) is 13.8 Å². The predicted octanol–water partition coefficient (Wildman–Crippen LogP) is 2.62. The lowest BCUT2D eigenvalue weighted by Gasteiger charge is -2.30. The summed E-state index contributed by atoms with van der Waals surface area (Å²) < 4.78 is 6.91. The second-order valence-corrected chi connectivity index (χ2v) is 8.07. The lowest BCUT2D eigenvalue weighted by atomic mass is 9.76. The van der Waals surface area contributed by atoms with Gasteiger partial charge < -0.3 is 15.2 Å². The van der Waals surface area contributed by atoms with Gasteiger partial charge in [-0.2, -0.15) is 5.10 Å². The number of carboxylic acid groups (broad SMARTS) is 1. The first-order chi connectivity index (χ1) is 11.0. The highest BCUT2D eigenvalue weighted by Gasteiger charge is 2.32. The molecule has 2 rings (SSSR count). The first-order valence-corrected chi connectivity index (χ1v) is 8.27. The van der Waals surface area contributed by atoms with Crippen LogP contribution in [0.25, 0.3) is 0 Å². The van der Waals surface area contributed by atoms with Crippen LogP contribution in [0.5, 0.6) is 0 Å². The highest BCUT2D eigenvalue weighted by Crippen LogP contribution is 2.36. The van der Waals surface area contributed by atoms with Crippen molar-refractivity contribution in [1.82, 2.24) is 15.1 Å². The summed E-state index contributed by atoms with van der Waals surface area (Å²) in [5, 5.41) is 16.3. The van der Waals surface area contributed by atoms with Gasteiger partial charge >= 0.3 is 12.1 Å². The third-order valence-electron chi connectivity index (χ3n) is 4.06. The van der Waals surface area contributed by atoms with Gasteiger partial charge in [0.15, 0.2) is 5.69 Å². The van der Waals surface area contributed by atoms with Crippen LogP contribution >= 0.6 is 0 Å². The molecule has 7 heteroatoms. The van der Waals surface area contributed by atoms with Gasteiger partial charge in [0.05, 0.1) is 6.54 Å². The predicted molar refractivity (Wildman–Crippen MR) is 89.2 cm³/mol. The summed E-state index contributed by atoms with van der Waals surface area (Å²) in [7, 11) is 0.